The van der Waals surface area contributed by atoms with Crippen molar-refractivity contribution in [1.82, 2.24) is 0 Å². The topological polar surface area (TPSA) is 12.0 Å². The number of hydrogen-bond donors (Lipinski definition) is 1. The molecule has 0 saturated carbocycles. The minimum Gasteiger partial charge on any atom is -0.385 e. The first-order valence-electron chi connectivity index (χ1n) is 4.28. The van der Waals surface area contributed by atoms with E-state index in [2.05, 4.69) is 46.4 Å². The molecule has 0 radical (unpaired) electrons. The Morgan fingerprint density at radius 1 is 1.50 bits per heavy atom. The first kappa shape index (κ1) is 8.11. The van der Waals surface area contributed by atoms with E-state index < -0.39 is 0 Å². The van der Waals surface area contributed by atoms with Gasteiger partial charge in [0.05, 0.1) is 0 Å². The van der Waals surface area contributed by atoms with Gasteiger partial charge in [-0.25, -0.2) is 0 Å². The maximum Gasteiger partial charge on any atom is 0.0384 e. The molecule has 1 heterocycles. The molecule has 1 aliphatic heterocycles. The van der Waals surface area contributed by atoms with Crippen LogP contribution in [0.25, 0.3) is 0 Å². The Hall–Kier alpha value is -0.500. The van der Waals surface area contributed by atoms with Crippen LogP contribution in [0.2, 0.25) is 0 Å². The highest BCUT2D eigenvalue weighted by molar-refractivity contribution is 9.10. The fourth-order valence-electron chi connectivity index (χ4n) is 1.62. The second kappa shape index (κ2) is 3.09. The number of nitrogens with one attached hydrogen (secondary N) is 1. The summed E-state index contributed by atoms with van der Waals surface area (Å²) in [5.74, 6) is 0.763. The molecule has 12 heavy (non-hydrogen) atoms. The van der Waals surface area contributed by atoms with Gasteiger partial charge in [-0.05, 0) is 30.0 Å². The van der Waals surface area contributed by atoms with Crippen molar-refractivity contribution in [3.8, 4) is 0 Å². The summed E-state index contributed by atoms with van der Waals surface area (Å²) in [5, 5.41) is 3.42. The summed E-state index contributed by atoms with van der Waals surface area (Å²) in [6.45, 7) is 3.38. The molecule has 0 amide bonds. The summed E-state index contributed by atoms with van der Waals surface area (Å²) in [6.07, 6.45) is 1.20. The van der Waals surface area contributed by atoms with Crippen molar-refractivity contribution in [2.24, 2.45) is 5.92 Å². The first-order chi connectivity index (χ1) is 5.75. The molecule has 1 aliphatic rings. The third-order valence-electron chi connectivity index (χ3n) is 2.28. The second-order valence-electron chi connectivity index (χ2n) is 3.49. The Morgan fingerprint density at radius 3 is 3.17 bits per heavy atom. The number of fused-ring (bicyclic) bond motifs is 1. The molecule has 1 N–H and O–H groups in total. The van der Waals surface area contributed by atoms with Crippen molar-refractivity contribution in [3.05, 3.63) is 28.2 Å². The third kappa shape index (κ3) is 1.48. The predicted molar refractivity (Wildman–Crippen MR) is 55.5 cm³/mol. The first-order valence-corrected chi connectivity index (χ1v) is 5.07. The molecule has 2 heteroatoms. The molecule has 64 valence electrons. The van der Waals surface area contributed by atoms with Crippen LogP contribution >= 0.6 is 15.9 Å². The van der Waals surface area contributed by atoms with Crippen molar-refractivity contribution in [2.45, 2.75) is 13.3 Å². The van der Waals surface area contributed by atoms with E-state index in [-0.39, 0.29) is 0 Å². The monoisotopic (exact) mass is 225 g/mol. The maximum absolute atomic E-state index is 3.47. The van der Waals surface area contributed by atoms with Crippen molar-refractivity contribution in [2.75, 3.05) is 11.9 Å². The number of hydrogen-bond acceptors (Lipinski definition) is 1. The van der Waals surface area contributed by atoms with Gasteiger partial charge in [0.15, 0.2) is 0 Å². The minimum atomic E-state index is 0.763. The van der Waals surface area contributed by atoms with Crippen molar-refractivity contribution in [3.63, 3.8) is 0 Å². The van der Waals surface area contributed by atoms with Gasteiger partial charge in [-0.3, -0.25) is 0 Å². The molecule has 1 aromatic rings. The molecule has 1 atom stereocenters. The maximum atomic E-state index is 3.47. The smallest absolute Gasteiger partial charge is 0.0384 e. The van der Waals surface area contributed by atoms with E-state index >= 15 is 0 Å². The van der Waals surface area contributed by atoms with Gasteiger partial charge >= 0.3 is 0 Å². The van der Waals surface area contributed by atoms with Crippen LogP contribution in [0.3, 0.4) is 0 Å². The Balaban J connectivity index is 2.37. The molecule has 0 spiro atoms. The van der Waals surface area contributed by atoms with Gasteiger partial charge in [0.2, 0.25) is 0 Å². The molecule has 0 fully saturated rings. The SMILES string of the molecule is CC1CNc2cc(Br)ccc2C1. The van der Waals surface area contributed by atoms with Crippen LogP contribution in [0.1, 0.15) is 12.5 Å². The van der Waals surface area contributed by atoms with E-state index in [9.17, 15) is 0 Å². The number of anilines is 1. The van der Waals surface area contributed by atoms with Gasteiger partial charge in [-0.15, -0.1) is 0 Å². The van der Waals surface area contributed by atoms with Gasteiger partial charge in [-0.1, -0.05) is 28.9 Å². The molecule has 0 aliphatic carbocycles. The Kier molecular flexibility index (Phi) is 2.09. The summed E-state index contributed by atoms with van der Waals surface area (Å²) in [6, 6.07) is 6.46. The summed E-state index contributed by atoms with van der Waals surface area (Å²) < 4.78 is 1.16. The molecule has 0 aromatic heterocycles. The van der Waals surface area contributed by atoms with Crippen LogP contribution in [0.4, 0.5) is 5.69 Å². The number of benzene rings is 1. The summed E-state index contributed by atoms with van der Waals surface area (Å²) in [5.41, 5.74) is 2.74. The van der Waals surface area contributed by atoms with E-state index in [1.807, 2.05) is 0 Å². The fourth-order valence-corrected chi connectivity index (χ4v) is 1.98. The highest BCUT2D eigenvalue weighted by atomic mass is 79.9. The predicted octanol–water partition coefficient (Wildman–Crippen LogP) is 3.05. The van der Waals surface area contributed by atoms with Crippen LogP contribution < -0.4 is 5.32 Å². The molecule has 0 saturated heterocycles. The summed E-state index contributed by atoms with van der Waals surface area (Å²) in [7, 11) is 0. The van der Waals surface area contributed by atoms with E-state index in [1.165, 1.54) is 17.7 Å². The number of halogens is 1. The van der Waals surface area contributed by atoms with Crippen molar-refractivity contribution < 1.29 is 0 Å². The number of rotatable bonds is 0. The summed E-state index contributed by atoms with van der Waals surface area (Å²) in [4.78, 5) is 0. The lowest BCUT2D eigenvalue weighted by molar-refractivity contribution is 0.594. The molecule has 2 rings (SSSR count). The van der Waals surface area contributed by atoms with Crippen molar-refractivity contribution in [1.29, 1.82) is 0 Å². The molecular weight excluding hydrogens is 214 g/mol. The Bertz CT molecular complexity index is 296. The highest BCUT2D eigenvalue weighted by Gasteiger charge is 2.13. The van der Waals surface area contributed by atoms with Crippen LogP contribution in [0.15, 0.2) is 22.7 Å². The van der Waals surface area contributed by atoms with E-state index in [4.69, 9.17) is 0 Å². The Labute approximate surface area is 81.3 Å². The molecular formula is C10H12BrN. The highest BCUT2D eigenvalue weighted by Crippen LogP contribution is 2.27. The normalized spacial score (nSPS) is 21.3. The van der Waals surface area contributed by atoms with E-state index in [1.54, 1.807) is 0 Å². The van der Waals surface area contributed by atoms with Crippen molar-refractivity contribution >= 4 is 21.6 Å². The standard InChI is InChI=1S/C10H12BrN/c1-7-4-8-2-3-9(11)5-10(8)12-6-7/h2-3,5,7,12H,4,6H2,1H3. The lowest BCUT2D eigenvalue weighted by Gasteiger charge is -2.23. The lowest BCUT2D eigenvalue weighted by Crippen LogP contribution is -2.20. The van der Waals surface area contributed by atoms with Crippen LogP contribution in [0.5, 0.6) is 0 Å². The average molecular weight is 226 g/mol. The quantitative estimate of drug-likeness (QED) is 0.716. The van der Waals surface area contributed by atoms with Gasteiger partial charge in [0.1, 0.15) is 0 Å². The zero-order valence-corrected chi connectivity index (χ0v) is 8.69. The zero-order chi connectivity index (χ0) is 8.55. The van der Waals surface area contributed by atoms with Crippen LogP contribution in [-0.2, 0) is 6.42 Å². The van der Waals surface area contributed by atoms with E-state index in [0.717, 1.165) is 16.9 Å². The lowest BCUT2D eigenvalue weighted by atomic mass is 9.96. The largest absolute Gasteiger partial charge is 0.385 e. The average Bonchev–Trinajstić information content (AvgIpc) is 2.05. The second-order valence-corrected chi connectivity index (χ2v) is 4.41. The van der Waals surface area contributed by atoms with Gasteiger partial charge in [0.25, 0.3) is 0 Å². The summed E-state index contributed by atoms with van der Waals surface area (Å²) >= 11 is 3.47. The zero-order valence-electron chi connectivity index (χ0n) is 7.10. The van der Waals surface area contributed by atoms with Gasteiger partial charge in [0, 0.05) is 16.7 Å². The van der Waals surface area contributed by atoms with Crippen LogP contribution in [-0.4, -0.2) is 6.54 Å². The molecule has 0 bridgehead atoms. The molecule has 1 unspecified atom stereocenters. The van der Waals surface area contributed by atoms with Gasteiger partial charge in [-0.2, -0.15) is 0 Å². The minimum absolute atomic E-state index is 0.763. The Morgan fingerprint density at radius 2 is 2.33 bits per heavy atom. The van der Waals surface area contributed by atoms with Gasteiger partial charge < -0.3 is 5.32 Å². The molecule has 1 nitrogen and oxygen atoms in total. The third-order valence-corrected chi connectivity index (χ3v) is 2.77. The van der Waals surface area contributed by atoms with Crippen LogP contribution in [0, 0.1) is 5.92 Å². The molecule has 1 aromatic carbocycles. The van der Waals surface area contributed by atoms with E-state index in [0.29, 0.717) is 0 Å². The fraction of sp³-hybridized carbons (Fsp3) is 0.400.